The molecule has 0 aliphatic rings. The Morgan fingerprint density at radius 1 is 1.35 bits per heavy atom. The number of halogens is 1. The quantitative estimate of drug-likeness (QED) is 0.811. The van der Waals surface area contributed by atoms with Gasteiger partial charge in [-0.2, -0.15) is 5.26 Å². The van der Waals surface area contributed by atoms with Crippen LogP contribution in [-0.2, 0) is 4.74 Å². The first kappa shape index (κ1) is 13.8. The zero-order valence-electron chi connectivity index (χ0n) is 10.5. The molecule has 1 heterocycles. The highest BCUT2D eigenvalue weighted by atomic mass is 35.5. The Kier molecular flexibility index (Phi) is 4.18. The Labute approximate surface area is 120 Å². The number of ether oxygens (including phenoxy) is 2. The van der Waals surface area contributed by atoms with Gasteiger partial charge in [0.25, 0.3) is 0 Å². The number of hydrogen-bond donors (Lipinski definition) is 0. The predicted molar refractivity (Wildman–Crippen MR) is 71.8 cm³/mol. The molecule has 2 rings (SSSR count). The molecular weight excluding hydrogens is 280 g/mol. The number of pyridine rings is 1. The Hall–Kier alpha value is -2.58. The predicted octanol–water partition coefficient (Wildman–Crippen LogP) is 3.19. The number of esters is 1. The Bertz CT molecular complexity index is 678. The number of rotatable bonds is 3. The molecule has 0 aliphatic heterocycles. The van der Waals surface area contributed by atoms with E-state index in [2.05, 4.69) is 9.72 Å². The lowest BCUT2D eigenvalue weighted by Gasteiger charge is -2.07. The van der Waals surface area contributed by atoms with E-state index in [9.17, 15) is 4.79 Å². The second-order valence-corrected chi connectivity index (χ2v) is 4.14. The maximum absolute atomic E-state index is 11.3. The molecule has 0 atom stereocenters. The third-order valence-corrected chi connectivity index (χ3v) is 2.73. The van der Waals surface area contributed by atoms with Crippen LogP contribution in [0.3, 0.4) is 0 Å². The summed E-state index contributed by atoms with van der Waals surface area (Å²) >= 11 is 5.98. The minimum Gasteiger partial charge on any atom is -0.465 e. The first-order valence-electron chi connectivity index (χ1n) is 5.56. The van der Waals surface area contributed by atoms with Gasteiger partial charge in [-0.15, -0.1) is 0 Å². The molecule has 0 fully saturated rings. The van der Waals surface area contributed by atoms with E-state index in [0.717, 1.165) is 0 Å². The molecule has 6 heteroatoms. The molecule has 2 aromatic rings. The van der Waals surface area contributed by atoms with E-state index in [0.29, 0.717) is 21.9 Å². The Morgan fingerprint density at radius 3 is 2.70 bits per heavy atom. The van der Waals surface area contributed by atoms with Gasteiger partial charge in [-0.25, -0.2) is 9.78 Å². The lowest BCUT2D eigenvalue weighted by molar-refractivity contribution is 0.0600. The lowest BCUT2D eigenvalue weighted by Crippen LogP contribution is -2.01. The summed E-state index contributed by atoms with van der Waals surface area (Å²) < 4.78 is 10.0. The molecule has 0 spiro atoms. The molecule has 0 unspecified atom stereocenters. The highest BCUT2D eigenvalue weighted by molar-refractivity contribution is 6.32. The molecule has 0 amide bonds. The molecule has 1 aromatic carbocycles. The van der Waals surface area contributed by atoms with Crippen LogP contribution in [-0.4, -0.2) is 18.1 Å². The highest BCUT2D eigenvalue weighted by Crippen LogP contribution is 2.29. The van der Waals surface area contributed by atoms with Gasteiger partial charge < -0.3 is 9.47 Å². The van der Waals surface area contributed by atoms with Crippen molar-refractivity contribution in [1.82, 2.24) is 4.98 Å². The van der Waals surface area contributed by atoms with Crippen molar-refractivity contribution in [2.45, 2.75) is 0 Å². The number of nitriles is 1. The van der Waals surface area contributed by atoms with Gasteiger partial charge >= 0.3 is 5.97 Å². The van der Waals surface area contributed by atoms with Crippen LogP contribution < -0.4 is 4.74 Å². The van der Waals surface area contributed by atoms with Crippen LogP contribution in [0.2, 0.25) is 5.02 Å². The van der Waals surface area contributed by atoms with E-state index in [1.807, 2.05) is 6.07 Å². The summed E-state index contributed by atoms with van der Waals surface area (Å²) in [5.41, 5.74) is 0.766. The van der Waals surface area contributed by atoms with Gasteiger partial charge in [-0.05, 0) is 24.3 Å². The first-order chi connectivity index (χ1) is 9.63. The van der Waals surface area contributed by atoms with Gasteiger partial charge in [-0.3, -0.25) is 0 Å². The van der Waals surface area contributed by atoms with Crippen LogP contribution >= 0.6 is 11.6 Å². The molecule has 0 saturated heterocycles. The van der Waals surface area contributed by atoms with Gasteiger partial charge in [-0.1, -0.05) is 11.6 Å². The SMILES string of the molecule is COC(=O)c1ccc(Oc2ccc(C#N)cc2Cl)nc1. The van der Waals surface area contributed by atoms with E-state index in [-0.39, 0.29) is 5.88 Å². The van der Waals surface area contributed by atoms with Gasteiger partial charge in [0.15, 0.2) is 0 Å². The Morgan fingerprint density at radius 2 is 2.15 bits per heavy atom. The number of hydrogen-bond acceptors (Lipinski definition) is 5. The summed E-state index contributed by atoms with van der Waals surface area (Å²) in [5, 5.41) is 9.05. The first-order valence-corrected chi connectivity index (χ1v) is 5.93. The molecule has 0 saturated carbocycles. The summed E-state index contributed by atoms with van der Waals surface area (Å²) in [4.78, 5) is 15.2. The van der Waals surface area contributed by atoms with Crippen LogP contribution in [0, 0.1) is 11.3 Å². The van der Waals surface area contributed by atoms with Gasteiger partial charge in [0.2, 0.25) is 5.88 Å². The summed E-state index contributed by atoms with van der Waals surface area (Å²) in [6.07, 6.45) is 1.35. The molecule has 0 aliphatic carbocycles. The van der Waals surface area contributed by atoms with Gasteiger partial charge in [0.05, 0.1) is 29.3 Å². The van der Waals surface area contributed by atoms with Crippen LogP contribution in [0.25, 0.3) is 0 Å². The molecular formula is C14H9ClN2O3. The highest BCUT2D eigenvalue weighted by Gasteiger charge is 2.08. The fraction of sp³-hybridized carbons (Fsp3) is 0.0714. The third-order valence-electron chi connectivity index (χ3n) is 2.43. The van der Waals surface area contributed by atoms with Crippen molar-refractivity contribution in [2.75, 3.05) is 7.11 Å². The summed E-state index contributed by atoms with van der Waals surface area (Å²) in [5.74, 6) is 0.189. The number of carbonyl (C=O) groups is 1. The maximum Gasteiger partial charge on any atom is 0.339 e. The zero-order chi connectivity index (χ0) is 14.5. The second-order valence-electron chi connectivity index (χ2n) is 3.74. The Balaban J connectivity index is 2.18. The lowest BCUT2D eigenvalue weighted by atomic mass is 10.2. The minimum atomic E-state index is -0.472. The molecule has 1 aromatic heterocycles. The summed E-state index contributed by atoms with van der Waals surface area (Å²) in [6, 6.07) is 9.71. The van der Waals surface area contributed by atoms with Crippen molar-refractivity contribution >= 4 is 17.6 Å². The smallest absolute Gasteiger partial charge is 0.339 e. The van der Waals surface area contributed by atoms with Crippen molar-refractivity contribution < 1.29 is 14.3 Å². The van der Waals surface area contributed by atoms with Gasteiger partial charge in [0.1, 0.15) is 5.75 Å². The zero-order valence-corrected chi connectivity index (χ0v) is 11.2. The third kappa shape index (κ3) is 3.05. The summed E-state index contributed by atoms with van der Waals surface area (Å²) in [6.45, 7) is 0. The van der Waals surface area contributed by atoms with Crippen molar-refractivity contribution in [3.05, 3.63) is 52.7 Å². The fourth-order valence-corrected chi connectivity index (χ4v) is 1.66. The number of carbonyl (C=O) groups excluding carboxylic acids is 1. The van der Waals surface area contributed by atoms with Crippen molar-refractivity contribution in [1.29, 1.82) is 5.26 Å². The van der Waals surface area contributed by atoms with E-state index >= 15 is 0 Å². The van der Waals surface area contributed by atoms with E-state index in [1.54, 1.807) is 12.1 Å². The van der Waals surface area contributed by atoms with Crippen LogP contribution in [0.5, 0.6) is 11.6 Å². The topological polar surface area (TPSA) is 72.2 Å². The molecule has 20 heavy (non-hydrogen) atoms. The van der Waals surface area contributed by atoms with Gasteiger partial charge in [0, 0.05) is 12.3 Å². The van der Waals surface area contributed by atoms with Crippen LogP contribution in [0.1, 0.15) is 15.9 Å². The number of aromatic nitrogens is 1. The largest absolute Gasteiger partial charge is 0.465 e. The van der Waals surface area contributed by atoms with Crippen molar-refractivity contribution in [3.8, 4) is 17.7 Å². The standard InChI is InChI=1S/C14H9ClN2O3/c1-19-14(18)10-3-5-13(17-8-10)20-12-4-2-9(7-16)6-11(12)15/h2-6,8H,1H3. The number of methoxy groups -OCH3 is 1. The maximum atomic E-state index is 11.3. The molecule has 0 N–H and O–H groups in total. The second kappa shape index (κ2) is 6.04. The van der Waals surface area contributed by atoms with E-state index < -0.39 is 5.97 Å². The fourth-order valence-electron chi connectivity index (χ4n) is 1.45. The van der Waals surface area contributed by atoms with E-state index in [1.165, 1.54) is 31.5 Å². The normalized spacial score (nSPS) is 9.65. The number of benzene rings is 1. The average Bonchev–Trinajstić information content (AvgIpc) is 2.49. The monoisotopic (exact) mass is 288 g/mol. The summed E-state index contributed by atoms with van der Waals surface area (Å²) in [7, 11) is 1.29. The molecule has 0 bridgehead atoms. The molecule has 5 nitrogen and oxygen atoms in total. The number of nitrogens with zero attached hydrogens (tertiary/aromatic N) is 2. The van der Waals surface area contributed by atoms with Crippen LogP contribution in [0.15, 0.2) is 36.5 Å². The van der Waals surface area contributed by atoms with Crippen molar-refractivity contribution in [2.24, 2.45) is 0 Å². The van der Waals surface area contributed by atoms with E-state index in [4.69, 9.17) is 21.6 Å². The van der Waals surface area contributed by atoms with Crippen molar-refractivity contribution in [3.63, 3.8) is 0 Å². The van der Waals surface area contributed by atoms with Crippen LogP contribution in [0.4, 0.5) is 0 Å². The average molecular weight is 289 g/mol. The minimum absolute atomic E-state index is 0.282. The molecule has 100 valence electrons. The molecule has 0 radical (unpaired) electrons.